The predicted octanol–water partition coefficient (Wildman–Crippen LogP) is 1.90. The maximum atomic E-state index is 12.1. The topological polar surface area (TPSA) is 86.9 Å². The first kappa shape index (κ1) is 15.7. The highest BCUT2D eigenvalue weighted by Crippen LogP contribution is 2.11. The van der Waals surface area contributed by atoms with E-state index in [0.717, 1.165) is 22.4 Å². The molecule has 0 spiro atoms. The molecule has 6 nitrogen and oxygen atoms in total. The van der Waals surface area contributed by atoms with Crippen LogP contribution >= 0.6 is 0 Å². The number of hydrazine groups is 1. The van der Waals surface area contributed by atoms with Gasteiger partial charge in [-0.3, -0.25) is 0 Å². The Hall–Kier alpha value is -2.22. The van der Waals surface area contributed by atoms with Crippen LogP contribution in [0.4, 0.5) is 0 Å². The average molecular weight is 330 g/mol. The highest BCUT2D eigenvalue weighted by Gasteiger charge is 2.12. The quantitative estimate of drug-likeness (QED) is 0.476. The van der Waals surface area contributed by atoms with E-state index in [9.17, 15) is 8.42 Å². The number of hydrogen-bond acceptors (Lipinski definition) is 4. The SMILES string of the molecule is Cc1ccc(S(=O)(=O)NNCCc2nc3ccccc3[nH]2)cc1. The monoisotopic (exact) mass is 330 g/mol. The molecule has 23 heavy (non-hydrogen) atoms. The van der Waals surface area contributed by atoms with E-state index in [1.165, 1.54) is 0 Å². The van der Waals surface area contributed by atoms with Gasteiger partial charge in [0.2, 0.25) is 0 Å². The molecule has 3 aromatic rings. The highest BCUT2D eigenvalue weighted by molar-refractivity contribution is 7.89. The van der Waals surface area contributed by atoms with E-state index in [1.807, 2.05) is 31.2 Å². The molecule has 0 saturated heterocycles. The Morgan fingerprint density at radius 2 is 1.83 bits per heavy atom. The van der Waals surface area contributed by atoms with Crippen molar-refractivity contribution in [2.45, 2.75) is 18.2 Å². The Bertz CT molecular complexity index is 868. The van der Waals surface area contributed by atoms with Crippen LogP contribution in [0, 0.1) is 6.92 Å². The summed E-state index contributed by atoms with van der Waals surface area (Å²) in [7, 11) is -3.55. The van der Waals surface area contributed by atoms with Gasteiger partial charge in [0.25, 0.3) is 10.0 Å². The molecule has 7 heteroatoms. The number of aromatic nitrogens is 2. The lowest BCUT2D eigenvalue weighted by Gasteiger charge is -2.07. The fraction of sp³-hybridized carbons (Fsp3) is 0.188. The van der Waals surface area contributed by atoms with Crippen LogP contribution < -0.4 is 10.3 Å². The number of nitrogens with zero attached hydrogens (tertiary/aromatic N) is 1. The zero-order valence-electron chi connectivity index (χ0n) is 12.7. The molecular weight excluding hydrogens is 312 g/mol. The lowest BCUT2D eigenvalue weighted by molar-refractivity contribution is 0.554. The smallest absolute Gasteiger partial charge is 0.253 e. The number of aromatic amines is 1. The normalized spacial score (nSPS) is 11.9. The van der Waals surface area contributed by atoms with E-state index in [-0.39, 0.29) is 4.90 Å². The molecule has 0 atom stereocenters. The zero-order valence-corrected chi connectivity index (χ0v) is 13.5. The second-order valence-corrected chi connectivity index (χ2v) is 6.98. The van der Waals surface area contributed by atoms with Gasteiger partial charge in [-0.05, 0) is 31.2 Å². The fourth-order valence-corrected chi connectivity index (χ4v) is 3.13. The second-order valence-electron chi connectivity index (χ2n) is 5.30. The molecule has 3 rings (SSSR count). The summed E-state index contributed by atoms with van der Waals surface area (Å²) in [6.07, 6.45) is 0.588. The van der Waals surface area contributed by atoms with Crippen LogP contribution in [-0.2, 0) is 16.4 Å². The number of nitrogens with one attached hydrogen (secondary N) is 3. The first-order valence-electron chi connectivity index (χ1n) is 7.29. The van der Waals surface area contributed by atoms with Crippen LogP contribution in [0.5, 0.6) is 0 Å². The summed E-state index contributed by atoms with van der Waals surface area (Å²) in [5.74, 6) is 0.813. The number of H-pyrrole nitrogens is 1. The van der Waals surface area contributed by atoms with Crippen molar-refractivity contribution in [3.63, 3.8) is 0 Å². The van der Waals surface area contributed by atoms with E-state index in [1.54, 1.807) is 24.3 Å². The maximum absolute atomic E-state index is 12.1. The first-order chi connectivity index (χ1) is 11.0. The summed E-state index contributed by atoms with van der Waals surface area (Å²) in [5, 5.41) is 0. The standard InChI is InChI=1S/C16H18N4O2S/c1-12-6-8-13(9-7-12)23(21,22)20-17-11-10-16-18-14-4-2-3-5-15(14)19-16/h2-9,17,20H,10-11H2,1H3,(H,18,19). The van der Waals surface area contributed by atoms with Crippen LogP contribution in [0.15, 0.2) is 53.4 Å². The van der Waals surface area contributed by atoms with Gasteiger partial charge in [-0.25, -0.2) is 18.8 Å². The van der Waals surface area contributed by atoms with Crippen LogP contribution in [0.25, 0.3) is 11.0 Å². The summed E-state index contributed by atoms with van der Waals surface area (Å²) in [6.45, 7) is 2.35. The molecule has 1 aromatic heterocycles. The van der Waals surface area contributed by atoms with Gasteiger partial charge in [0.15, 0.2) is 0 Å². The Kier molecular flexibility index (Phi) is 4.42. The molecule has 0 saturated carbocycles. The molecule has 0 amide bonds. The second kappa shape index (κ2) is 6.49. The van der Waals surface area contributed by atoms with Crippen molar-refractivity contribution in [2.24, 2.45) is 0 Å². The summed E-state index contributed by atoms with van der Waals surface area (Å²) in [5.41, 5.74) is 5.63. The minimum atomic E-state index is -3.55. The highest BCUT2D eigenvalue weighted by atomic mass is 32.2. The number of sulfonamides is 1. The van der Waals surface area contributed by atoms with Gasteiger partial charge in [-0.2, -0.15) is 0 Å². The Balaban J connectivity index is 1.55. The van der Waals surface area contributed by atoms with Crippen molar-refractivity contribution < 1.29 is 8.42 Å². The zero-order chi connectivity index (χ0) is 16.3. The summed E-state index contributed by atoms with van der Waals surface area (Å²) in [4.78, 5) is 10.3. The summed E-state index contributed by atoms with van der Waals surface area (Å²) in [6, 6.07) is 14.5. The lowest BCUT2D eigenvalue weighted by Crippen LogP contribution is -2.38. The van der Waals surface area contributed by atoms with Gasteiger partial charge >= 0.3 is 0 Å². The third-order valence-corrected chi connectivity index (χ3v) is 4.77. The number of aryl methyl sites for hydroxylation is 1. The molecule has 2 aromatic carbocycles. The van der Waals surface area contributed by atoms with Crippen LogP contribution in [0.3, 0.4) is 0 Å². The Morgan fingerprint density at radius 1 is 1.09 bits per heavy atom. The first-order valence-corrected chi connectivity index (χ1v) is 8.78. The lowest BCUT2D eigenvalue weighted by atomic mass is 10.2. The van der Waals surface area contributed by atoms with Crippen molar-refractivity contribution in [1.82, 2.24) is 20.2 Å². The Morgan fingerprint density at radius 3 is 2.57 bits per heavy atom. The van der Waals surface area contributed by atoms with Gasteiger partial charge in [-0.15, -0.1) is 4.83 Å². The third kappa shape index (κ3) is 3.76. The molecule has 0 aliphatic rings. The van der Waals surface area contributed by atoms with Crippen molar-refractivity contribution in [1.29, 1.82) is 0 Å². The molecule has 0 bridgehead atoms. The van der Waals surface area contributed by atoms with Gasteiger partial charge in [0.1, 0.15) is 5.82 Å². The Labute approximate surface area is 135 Å². The van der Waals surface area contributed by atoms with E-state index in [0.29, 0.717) is 13.0 Å². The predicted molar refractivity (Wildman–Crippen MR) is 89.3 cm³/mol. The number of imidazole rings is 1. The molecule has 0 aliphatic carbocycles. The molecule has 0 unspecified atom stereocenters. The number of rotatable bonds is 6. The minimum Gasteiger partial charge on any atom is -0.342 e. The molecule has 120 valence electrons. The van der Waals surface area contributed by atoms with Gasteiger partial charge in [0, 0.05) is 13.0 Å². The average Bonchev–Trinajstić information content (AvgIpc) is 2.95. The largest absolute Gasteiger partial charge is 0.342 e. The van der Waals surface area contributed by atoms with Crippen molar-refractivity contribution >= 4 is 21.1 Å². The van der Waals surface area contributed by atoms with Crippen LogP contribution in [0.1, 0.15) is 11.4 Å². The van der Waals surface area contributed by atoms with Crippen LogP contribution in [0.2, 0.25) is 0 Å². The molecular formula is C16H18N4O2S. The molecule has 3 N–H and O–H groups in total. The third-order valence-electron chi connectivity index (χ3n) is 3.46. The van der Waals surface area contributed by atoms with E-state index < -0.39 is 10.0 Å². The fourth-order valence-electron chi connectivity index (χ4n) is 2.23. The van der Waals surface area contributed by atoms with E-state index in [2.05, 4.69) is 20.2 Å². The van der Waals surface area contributed by atoms with Crippen molar-refractivity contribution in [3.8, 4) is 0 Å². The molecule has 0 radical (unpaired) electrons. The number of fused-ring (bicyclic) bond motifs is 1. The van der Waals surface area contributed by atoms with Crippen LogP contribution in [-0.4, -0.2) is 24.9 Å². The van der Waals surface area contributed by atoms with Gasteiger partial charge < -0.3 is 4.98 Å². The van der Waals surface area contributed by atoms with Gasteiger partial charge in [0.05, 0.1) is 15.9 Å². The van der Waals surface area contributed by atoms with Crippen molar-refractivity contribution in [2.75, 3.05) is 6.54 Å². The molecule has 0 aliphatic heterocycles. The molecule has 1 heterocycles. The molecule has 0 fully saturated rings. The summed E-state index contributed by atoms with van der Waals surface area (Å²) >= 11 is 0. The van der Waals surface area contributed by atoms with Crippen molar-refractivity contribution in [3.05, 3.63) is 59.9 Å². The van der Waals surface area contributed by atoms with E-state index in [4.69, 9.17) is 0 Å². The number of hydrogen-bond donors (Lipinski definition) is 3. The minimum absolute atomic E-state index is 0.235. The maximum Gasteiger partial charge on any atom is 0.253 e. The summed E-state index contributed by atoms with van der Waals surface area (Å²) < 4.78 is 24.2. The van der Waals surface area contributed by atoms with E-state index >= 15 is 0 Å². The number of para-hydroxylation sites is 2. The van der Waals surface area contributed by atoms with Gasteiger partial charge in [-0.1, -0.05) is 29.8 Å². The number of benzene rings is 2.